The van der Waals surface area contributed by atoms with Crippen LogP contribution in [0.1, 0.15) is 31.2 Å². The van der Waals surface area contributed by atoms with Gasteiger partial charge in [-0.3, -0.25) is 14.5 Å². The van der Waals surface area contributed by atoms with Crippen molar-refractivity contribution in [2.75, 3.05) is 11.1 Å². The Kier molecular flexibility index (Phi) is 5.64. The number of benzene rings is 2. The maximum Gasteiger partial charge on any atom is 0.257 e. The number of fused-ring (bicyclic) bond motifs is 1. The van der Waals surface area contributed by atoms with Gasteiger partial charge < -0.3 is 16.4 Å². The van der Waals surface area contributed by atoms with Crippen molar-refractivity contribution in [2.24, 2.45) is 0 Å². The van der Waals surface area contributed by atoms with Gasteiger partial charge in [0.15, 0.2) is 0 Å². The zero-order valence-corrected chi connectivity index (χ0v) is 17.9. The molecule has 32 heavy (non-hydrogen) atoms. The number of hydrogen-bond donors (Lipinski definition) is 4. The largest absolute Gasteiger partial charge is 0.399 e. The molecule has 0 bridgehead atoms. The smallest absolute Gasteiger partial charge is 0.257 e. The zero-order valence-electron chi connectivity index (χ0n) is 17.9. The van der Waals surface area contributed by atoms with Gasteiger partial charge in [-0.05, 0) is 67.6 Å². The molecular formula is C25H28N6O. The van der Waals surface area contributed by atoms with E-state index in [1.54, 1.807) is 16.8 Å². The molecule has 1 aliphatic carbocycles. The molecule has 2 aromatic carbocycles. The van der Waals surface area contributed by atoms with E-state index in [0.717, 1.165) is 40.8 Å². The van der Waals surface area contributed by atoms with Crippen molar-refractivity contribution in [1.29, 1.82) is 0 Å². The minimum atomic E-state index is -0.120. The van der Waals surface area contributed by atoms with E-state index < -0.39 is 0 Å². The second-order valence-electron chi connectivity index (χ2n) is 8.60. The number of anilines is 2. The van der Waals surface area contributed by atoms with Crippen molar-refractivity contribution in [1.82, 2.24) is 20.1 Å². The fraction of sp³-hybridized carbons (Fsp3) is 0.280. The Morgan fingerprint density at radius 1 is 1.09 bits per heavy atom. The topological polar surface area (TPSA) is 101 Å². The fourth-order valence-electron chi connectivity index (χ4n) is 4.56. The third-order valence-corrected chi connectivity index (χ3v) is 6.21. The van der Waals surface area contributed by atoms with Gasteiger partial charge in [0.05, 0.1) is 11.7 Å². The SMILES string of the molecule is Nc1ccn(-c2cccc(CN[C@H]3CCC[C@@H](Nc4ccc5[nH]ncc5c4)C3)c2)c(=O)c1. The monoisotopic (exact) mass is 428 g/mol. The summed E-state index contributed by atoms with van der Waals surface area (Å²) in [5.41, 5.74) is 10.3. The maximum atomic E-state index is 12.3. The van der Waals surface area contributed by atoms with Crippen LogP contribution in [0.2, 0.25) is 0 Å². The molecule has 1 aliphatic rings. The van der Waals surface area contributed by atoms with Crippen LogP contribution in [-0.2, 0) is 6.54 Å². The van der Waals surface area contributed by atoms with Gasteiger partial charge in [-0.1, -0.05) is 12.1 Å². The predicted molar refractivity (Wildman–Crippen MR) is 129 cm³/mol. The molecule has 0 radical (unpaired) electrons. The molecule has 5 rings (SSSR count). The van der Waals surface area contributed by atoms with Crippen LogP contribution < -0.4 is 21.9 Å². The summed E-state index contributed by atoms with van der Waals surface area (Å²) in [7, 11) is 0. The van der Waals surface area contributed by atoms with Crippen molar-refractivity contribution < 1.29 is 0 Å². The van der Waals surface area contributed by atoms with E-state index in [9.17, 15) is 4.79 Å². The molecule has 5 N–H and O–H groups in total. The van der Waals surface area contributed by atoms with Gasteiger partial charge in [0.1, 0.15) is 0 Å². The van der Waals surface area contributed by atoms with Crippen LogP contribution >= 0.6 is 0 Å². The number of nitrogens with zero attached hydrogens (tertiary/aromatic N) is 2. The lowest BCUT2D eigenvalue weighted by Crippen LogP contribution is -2.38. The van der Waals surface area contributed by atoms with Gasteiger partial charge in [-0.25, -0.2) is 0 Å². The summed E-state index contributed by atoms with van der Waals surface area (Å²) in [5, 5.41) is 15.6. The maximum absolute atomic E-state index is 12.3. The van der Waals surface area contributed by atoms with E-state index in [1.165, 1.54) is 25.3 Å². The normalized spacial score (nSPS) is 18.6. The van der Waals surface area contributed by atoms with E-state index in [-0.39, 0.29) is 5.56 Å². The number of aromatic nitrogens is 3. The molecule has 164 valence electrons. The first-order valence-corrected chi connectivity index (χ1v) is 11.1. The molecule has 0 unspecified atom stereocenters. The van der Waals surface area contributed by atoms with E-state index in [0.29, 0.717) is 17.8 Å². The molecule has 0 spiro atoms. The lowest BCUT2D eigenvalue weighted by molar-refractivity contribution is 0.350. The number of H-pyrrole nitrogens is 1. The molecule has 4 aromatic rings. The Balaban J connectivity index is 1.20. The van der Waals surface area contributed by atoms with Crippen molar-refractivity contribution in [3.05, 3.63) is 82.9 Å². The standard InChI is InChI=1S/C25H28N6O/c26-19-9-10-31(25(32)13-19)23-6-1-3-17(11-23)15-27-20-4-2-5-21(14-20)29-22-7-8-24-18(12-22)16-28-30-24/h1,3,6-13,16,20-21,27,29H,2,4-5,14-15,26H2,(H,28,30)/t20-,21+/m0/s1. The summed E-state index contributed by atoms with van der Waals surface area (Å²) in [4.78, 5) is 12.3. The Bertz CT molecular complexity index is 1280. The number of nitrogen functional groups attached to an aromatic ring is 1. The van der Waals surface area contributed by atoms with Gasteiger partial charge in [0.25, 0.3) is 5.56 Å². The Morgan fingerprint density at radius 3 is 2.91 bits per heavy atom. The second-order valence-corrected chi connectivity index (χ2v) is 8.60. The Morgan fingerprint density at radius 2 is 2.00 bits per heavy atom. The zero-order chi connectivity index (χ0) is 21.9. The third-order valence-electron chi connectivity index (χ3n) is 6.21. The molecule has 7 heteroatoms. The van der Waals surface area contributed by atoms with Crippen molar-refractivity contribution in [3.8, 4) is 5.69 Å². The second kappa shape index (κ2) is 8.88. The first-order valence-electron chi connectivity index (χ1n) is 11.1. The molecule has 0 aliphatic heterocycles. The minimum absolute atomic E-state index is 0.120. The first-order chi connectivity index (χ1) is 15.6. The number of aromatic amines is 1. The van der Waals surface area contributed by atoms with Gasteiger partial charge in [-0.15, -0.1) is 0 Å². The van der Waals surface area contributed by atoms with Crippen LogP contribution in [0, 0.1) is 0 Å². The first kappa shape index (κ1) is 20.3. The number of pyridine rings is 1. The Labute approximate surface area is 186 Å². The molecule has 2 heterocycles. The molecule has 2 atom stereocenters. The highest BCUT2D eigenvalue weighted by Gasteiger charge is 2.21. The lowest BCUT2D eigenvalue weighted by atomic mass is 9.90. The molecule has 2 aromatic heterocycles. The van der Waals surface area contributed by atoms with Gasteiger partial charge in [-0.2, -0.15) is 5.10 Å². The molecule has 7 nitrogen and oxygen atoms in total. The lowest BCUT2D eigenvalue weighted by Gasteiger charge is -2.31. The average molecular weight is 429 g/mol. The quantitative estimate of drug-likeness (QED) is 0.374. The summed E-state index contributed by atoms with van der Waals surface area (Å²) in [5.74, 6) is 0. The van der Waals surface area contributed by atoms with E-state index >= 15 is 0 Å². The van der Waals surface area contributed by atoms with Crippen molar-refractivity contribution in [3.63, 3.8) is 0 Å². The summed E-state index contributed by atoms with van der Waals surface area (Å²) in [6.45, 7) is 0.774. The predicted octanol–water partition coefficient (Wildman–Crippen LogP) is 3.81. The van der Waals surface area contributed by atoms with Crippen LogP contribution in [0.15, 0.2) is 71.8 Å². The van der Waals surface area contributed by atoms with Crippen molar-refractivity contribution >= 4 is 22.3 Å². The molecule has 1 saturated carbocycles. The Hall–Kier alpha value is -3.58. The van der Waals surface area contributed by atoms with Crippen LogP contribution in [0.5, 0.6) is 0 Å². The summed E-state index contributed by atoms with van der Waals surface area (Å²) < 4.78 is 1.62. The van der Waals surface area contributed by atoms with Crippen LogP contribution in [0.25, 0.3) is 16.6 Å². The highest BCUT2D eigenvalue weighted by molar-refractivity contribution is 5.81. The van der Waals surface area contributed by atoms with Gasteiger partial charge in [0.2, 0.25) is 0 Å². The summed E-state index contributed by atoms with van der Waals surface area (Å²) >= 11 is 0. The van der Waals surface area contributed by atoms with Gasteiger partial charge >= 0.3 is 0 Å². The molecular weight excluding hydrogens is 400 g/mol. The highest BCUT2D eigenvalue weighted by Crippen LogP contribution is 2.24. The molecule has 0 amide bonds. The van der Waals surface area contributed by atoms with Crippen molar-refractivity contribution in [2.45, 2.75) is 44.3 Å². The number of hydrogen-bond acceptors (Lipinski definition) is 5. The average Bonchev–Trinajstić information content (AvgIpc) is 3.26. The third kappa shape index (κ3) is 4.53. The summed E-state index contributed by atoms with van der Waals surface area (Å²) in [6, 6.07) is 18.5. The fourth-order valence-corrected chi connectivity index (χ4v) is 4.56. The van der Waals surface area contributed by atoms with E-state index in [1.807, 2.05) is 18.3 Å². The number of nitrogens with one attached hydrogen (secondary N) is 3. The van der Waals surface area contributed by atoms with Crippen LogP contribution in [-0.4, -0.2) is 26.8 Å². The summed E-state index contributed by atoms with van der Waals surface area (Å²) in [6.07, 6.45) is 8.22. The molecule has 1 fully saturated rings. The van der Waals surface area contributed by atoms with E-state index in [2.05, 4.69) is 51.2 Å². The minimum Gasteiger partial charge on any atom is -0.399 e. The number of rotatable bonds is 6. The van der Waals surface area contributed by atoms with Crippen LogP contribution in [0.4, 0.5) is 11.4 Å². The number of nitrogens with two attached hydrogens (primary N) is 1. The molecule has 0 saturated heterocycles. The van der Waals surface area contributed by atoms with Gasteiger partial charge in [0, 0.05) is 53.3 Å². The van der Waals surface area contributed by atoms with Crippen LogP contribution in [0.3, 0.4) is 0 Å². The van der Waals surface area contributed by atoms with E-state index in [4.69, 9.17) is 5.73 Å². The highest BCUT2D eigenvalue weighted by atomic mass is 16.1.